The molecule has 0 fully saturated rings. The van der Waals surface area contributed by atoms with Crippen LogP contribution in [0.25, 0.3) is 5.52 Å². The van der Waals surface area contributed by atoms with Gasteiger partial charge in [-0.25, -0.2) is 9.97 Å². The predicted molar refractivity (Wildman–Crippen MR) is 50.1 cm³/mol. The van der Waals surface area contributed by atoms with E-state index in [1.54, 1.807) is 12.5 Å². The zero-order valence-electron chi connectivity index (χ0n) is 6.66. The zero-order valence-corrected chi connectivity index (χ0v) is 8.24. The highest BCUT2D eigenvalue weighted by Crippen LogP contribution is 2.17. The van der Waals surface area contributed by atoms with Crippen molar-refractivity contribution in [1.29, 1.82) is 0 Å². The molecule has 62 valence electrons. The van der Waals surface area contributed by atoms with Gasteiger partial charge >= 0.3 is 0 Å². The Labute approximate surface area is 78.6 Å². The molecule has 0 aliphatic rings. The molecule has 0 N–H and O–H groups in total. The zero-order chi connectivity index (χ0) is 8.55. The summed E-state index contributed by atoms with van der Waals surface area (Å²) >= 11 is 3.40. The Kier molecular flexibility index (Phi) is 1.84. The van der Waals surface area contributed by atoms with Crippen molar-refractivity contribution in [2.75, 3.05) is 0 Å². The van der Waals surface area contributed by atoms with E-state index in [9.17, 15) is 0 Å². The van der Waals surface area contributed by atoms with E-state index in [1.807, 2.05) is 10.5 Å². The van der Waals surface area contributed by atoms with Gasteiger partial charge in [-0.3, -0.25) is 4.40 Å². The lowest BCUT2D eigenvalue weighted by molar-refractivity contribution is 0.912. The molecule has 2 heterocycles. The van der Waals surface area contributed by atoms with Crippen molar-refractivity contribution in [3.8, 4) is 0 Å². The van der Waals surface area contributed by atoms with Crippen LogP contribution >= 0.6 is 15.9 Å². The minimum absolute atomic E-state index is 0.891. The van der Waals surface area contributed by atoms with Crippen LogP contribution in [0, 0.1) is 0 Å². The second-order valence-corrected chi connectivity index (χ2v) is 3.26. The van der Waals surface area contributed by atoms with Gasteiger partial charge in [-0.1, -0.05) is 6.92 Å². The number of imidazole rings is 1. The van der Waals surface area contributed by atoms with Gasteiger partial charge in [0.05, 0.1) is 5.52 Å². The second-order valence-electron chi connectivity index (χ2n) is 2.51. The molecule has 0 amide bonds. The first kappa shape index (κ1) is 7.73. The average Bonchev–Trinajstić information content (AvgIpc) is 2.44. The molecule has 2 aromatic heterocycles. The summed E-state index contributed by atoms with van der Waals surface area (Å²) < 4.78 is 2.88. The van der Waals surface area contributed by atoms with Gasteiger partial charge in [-0.05, 0) is 22.0 Å². The lowest BCUT2D eigenvalue weighted by Gasteiger charge is -1.94. The fraction of sp³-hybridized carbons (Fsp3) is 0.250. The van der Waals surface area contributed by atoms with Crippen LogP contribution in [0.2, 0.25) is 0 Å². The number of aryl methyl sites for hydroxylation is 1. The van der Waals surface area contributed by atoms with Crippen molar-refractivity contribution in [3.63, 3.8) is 0 Å². The molecule has 0 atom stereocenters. The van der Waals surface area contributed by atoms with Crippen LogP contribution in [0.5, 0.6) is 0 Å². The Morgan fingerprint density at radius 2 is 2.42 bits per heavy atom. The summed E-state index contributed by atoms with van der Waals surface area (Å²) in [4.78, 5) is 8.38. The molecule has 0 aliphatic heterocycles. The Hall–Kier alpha value is -0.900. The second kappa shape index (κ2) is 2.86. The van der Waals surface area contributed by atoms with E-state index >= 15 is 0 Å². The number of fused-ring (bicyclic) bond motifs is 1. The van der Waals surface area contributed by atoms with Gasteiger partial charge < -0.3 is 0 Å². The van der Waals surface area contributed by atoms with E-state index in [0.29, 0.717) is 0 Å². The molecule has 0 saturated carbocycles. The fourth-order valence-electron chi connectivity index (χ4n) is 1.21. The molecule has 0 saturated heterocycles. The molecule has 4 heteroatoms. The smallest absolute Gasteiger partial charge is 0.132 e. The summed E-state index contributed by atoms with van der Waals surface area (Å²) in [5.74, 6) is 1.03. The molecular formula is C8H8BrN3. The third-order valence-electron chi connectivity index (χ3n) is 1.79. The largest absolute Gasteiger partial charge is 0.286 e. The van der Waals surface area contributed by atoms with E-state index in [-0.39, 0.29) is 0 Å². The minimum Gasteiger partial charge on any atom is -0.286 e. The first-order valence-corrected chi connectivity index (χ1v) is 4.58. The monoisotopic (exact) mass is 225 g/mol. The van der Waals surface area contributed by atoms with Gasteiger partial charge in [0.25, 0.3) is 0 Å². The van der Waals surface area contributed by atoms with Crippen molar-refractivity contribution in [2.24, 2.45) is 0 Å². The summed E-state index contributed by atoms with van der Waals surface area (Å²) in [5.41, 5.74) is 1.07. The SMILES string of the molecule is CCc1nc(Br)c2ccncn12. The van der Waals surface area contributed by atoms with E-state index in [2.05, 4.69) is 32.8 Å². The van der Waals surface area contributed by atoms with E-state index in [4.69, 9.17) is 0 Å². The lowest BCUT2D eigenvalue weighted by atomic mass is 10.4. The van der Waals surface area contributed by atoms with Crippen LogP contribution in [0.15, 0.2) is 23.2 Å². The number of halogens is 1. The van der Waals surface area contributed by atoms with Crippen LogP contribution in [0.4, 0.5) is 0 Å². The van der Waals surface area contributed by atoms with E-state index in [1.165, 1.54) is 0 Å². The summed E-state index contributed by atoms with van der Waals surface area (Å²) in [6.45, 7) is 2.08. The highest BCUT2D eigenvalue weighted by Gasteiger charge is 2.05. The lowest BCUT2D eigenvalue weighted by Crippen LogP contribution is -1.91. The van der Waals surface area contributed by atoms with Gasteiger partial charge in [0.15, 0.2) is 0 Å². The van der Waals surface area contributed by atoms with Gasteiger partial charge in [0.1, 0.15) is 16.8 Å². The van der Waals surface area contributed by atoms with Crippen molar-refractivity contribution in [1.82, 2.24) is 14.4 Å². The molecule has 0 spiro atoms. The van der Waals surface area contributed by atoms with E-state index in [0.717, 1.165) is 22.4 Å². The van der Waals surface area contributed by atoms with Gasteiger partial charge in [-0.15, -0.1) is 0 Å². The van der Waals surface area contributed by atoms with Crippen LogP contribution in [-0.2, 0) is 6.42 Å². The van der Waals surface area contributed by atoms with Crippen LogP contribution in [0.1, 0.15) is 12.7 Å². The van der Waals surface area contributed by atoms with Crippen LogP contribution < -0.4 is 0 Å². The summed E-state index contributed by atoms with van der Waals surface area (Å²) in [7, 11) is 0. The number of hydrogen-bond donors (Lipinski definition) is 0. The normalized spacial score (nSPS) is 10.8. The number of aromatic nitrogens is 3. The van der Waals surface area contributed by atoms with Crippen molar-refractivity contribution >= 4 is 21.4 Å². The summed E-state index contributed by atoms with van der Waals surface area (Å²) in [6, 6.07) is 1.94. The van der Waals surface area contributed by atoms with Crippen molar-refractivity contribution < 1.29 is 0 Å². The topological polar surface area (TPSA) is 30.2 Å². The molecule has 0 bridgehead atoms. The molecule has 2 rings (SSSR count). The molecule has 0 aromatic carbocycles. The molecule has 0 aliphatic carbocycles. The molecule has 0 unspecified atom stereocenters. The Morgan fingerprint density at radius 1 is 1.58 bits per heavy atom. The van der Waals surface area contributed by atoms with Gasteiger partial charge in [0, 0.05) is 12.6 Å². The van der Waals surface area contributed by atoms with Crippen molar-refractivity contribution in [3.05, 3.63) is 29.0 Å². The maximum Gasteiger partial charge on any atom is 0.132 e. The number of nitrogens with zero attached hydrogens (tertiary/aromatic N) is 3. The molecule has 2 aromatic rings. The Balaban J connectivity index is 2.82. The molecular weight excluding hydrogens is 218 g/mol. The first-order valence-electron chi connectivity index (χ1n) is 3.79. The summed E-state index contributed by atoms with van der Waals surface area (Å²) in [5, 5.41) is 0. The standard InChI is InChI=1S/C8H8BrN3/c1-2-7-11-8(9)6-3-4-10-5-12(6)7/h3-5H,2H2,1H3. The molecule has 3 nitrogen and oxygen atoms in total. The van der Waals surface area contributed by atoms with Crippen LogP contribution in [0.3, 0.4) is 0 Å². The predicted octanol–water partition coefficient (Wildman–Crippen LogP) is 2.05. The van der Waals surface area contributed by atoms with Crippen molar-refractivity contribution in [2.45, 2.75) is 13.3 Å². The number of hydrogen-bond acceptors (Lipinski definition) is 2. The Bertz CT molecular complexity index is 408. The Morgan fingerprint density at radius 3 is 3.17 bits per heavy atom. The van der Waals surface area contributed by atoms with E-state index < -0.39 is 0 Å². The van der Waals surface area contributed by atoms with Gasteiger partial charge in [-0.2, -0.15) is 0 Å². The third kappa shape index (κ3) is 1.03. The first-order chi connectivity index (χ1) is 5.83. The maximum absolute atomic E-state index is 4.35. The maximum atomic E-state index is 4.35. The third-order valence-corrected chi connectivity index (χ3v) is 2.38. The highest BCUT2D eigenvalue weighted by atomic mass is 79.9. The van der Waals surface area contributed by atoms with Gasteiger partial charge in [0.2, 0.25) is 0 Å². The minimum atomic E-state index is 0.891. The summed E-state index contributed by atoms with van der Waals surface area (Å²) in [6.07, 6.45) is 4.46. The molecule has 12 heavy (non-hydrogen) atoms. The highest BCUT2D eigenvalue weighted by molar-refractivity contribution is 9.10. The number of rotatable bonds is 1. The van der Waals surface area contributed by atoms with Crippen LogP contribution in [-0.4, -0.2) is 14.4 Å². The average molecular weight is 226 g/mol. The fourth-order valence-corrected chi connectivity index (χ4v) is 1.74. The molecule has 0 radical (unpaired) electrons. The quantitative estimate of drug-likeness (QED) is 0.744.